The highest BCUT2D eigenvalue weighted by Crippen LogP contribution is 2.07. The number of amides is 1. The Morgan fingerprint density at radius 2 is 2.15 bits per heavy atom. The second-order valence-corrected chi connectivity index (χ2v) is 4.58. The zero-order valence-electron chi connectivity index (χ0n) is 11.6. The van der Waals surface area contributed by atoms with Gasteiger partial charge in [0.1, 0.15) is 5.75 Å². The number of hydrogen-bond donors (Lipinski definition) is 2. The molecule has 1 heterocycles. The molecular formula is C15H19N3O2. The minimum absolute atomic E-state index is 0.0503. The van der Waals surface area contributed by atoms with E-state index in [0.717, 1.165) is 18.5 Å². The first-order valence-corrected chi connectivity index (χ1v) is 6.69. The summed E-state index contributed by atoms with van der Waals surface area (Å²) < 4.78 is 5.36. The third-order valence-corrected chi connectivity index (χ3v) is 2.99. The van der Waals surface area contributed by atoms with Gasteiger partial charge in [-0.15, -0.1) is 0 Å². The summed E-state index contributed by atoms with van der Waals surface area (Å²) in [4.78, 5) is 11.6. The van der Waals surface area contributed by atoms with Crippen LogP contribution in [0.3, 0.4) is 0 Å². The number of carbonyl (C=O) groups is 1. The summed E-state index contributed by atoms with van der Waals surface area (Å²) in [5, 5.41) is 9.71. The maximum Gasteiger partial charge on any atom is 0.257 e. The molecule has 0 aliphatic heterocycles. The molecule has 0 fully saturated rings. The fourth-order valence-electron chi connectivity index (χ4n) is 1.85. The topological polar surface area (TPSA) is 67.0 Å². The van der Waals surface area contributed by atoms with Crippen LogP contribution in [0.5, 0.6) is 5.75 Å². The van der Waals surface area contributed by atoms with Crippen molar-refractivity contribution in [3.05, 3.63) is 47.8 Å². The molecule has 2 aromatic rings. The van der Waals surface area contributed by atoms with Gasteiger partial charge in [-0.2, -0.15) is 5.10 Å². The third kappa shape index (κ3) is 4.42. The monoisotopic (exact) mass is 273 g/mol. The average Bonchev–Trinajstić information content (AvgIpc) is 2.88. The largest absolute Gasteiger partial charge is 0.484 e. The minimum Gasteiger partial charge on any atom is -0.484 e. The predicted octanol–water partition coefficient (Wildman–Crippen LogP) is 1.85. The Labute approximate surface area is 118 Å². The Morgan fingerprint density at radius 3 is 2.85 bits per heavy atom. The number of aryl methyl sites for hydroxylation is 2. The molecule has 1 aromatic heterocycles. The van der Waals surface area contributed by atoms with Gasteiger partial charge in [0.2, 0.25) is 0 Å². The first-order chi connectivity index (χ1) is 9.75. The fourth-order valence-corrected chi connectivity index (χ4v) is 1.85. The standard InChI is InChI=1S/C15H19N3O2/c1-12-13(10-17-18-12)6-5-9-16-15(19)11-20-14-7-3-2-4-8-14/h2-4,7-8,10H,5-6,9,11H2,1H3,(H,16,19)(H,17,18). The molecule has 0 aliphatic rings. The van der Waals surface area contributed by atoms with E-state index in [1.807, 2.05) is 43.5 Å². The smallest absolute Gasteiger partial charge is 0.257 e. The normalized spacial score (nSPS) is 10.2. The summed E-state index contributed by atoms with van der Waals surface area (Å²) in [6.45, 7) is 2.69. The molecule has 0 atom stereocenters. The summed E-state index contributed by atoms with van der Waals surface area (Å²) in [5.41, 5.74) is 2.28. The zero-order valence-corrected chi connectivity index (χ0v) is 11.6. The first kappa shape index (κ1) is 14.1. The van der Waals surface area contributed by atoms with Crippen LogP contribution in [-0.4, -0.2) is 29.3 Å². The van der Waals surface area contributed by atoms with Gasteiger partial charge in [-0.25, -0.2) is 0 Å². The summed E-state index contributed by atoms with van der Waals surface area (Å²) in [7, 11) is 0. The van der Waals surface area contributed by atoms with Crippen molar-refractivity contribution in [1.82, 2.24) is 15.5 Å². The van der Waals surface area contributed by atoms with Gasteiger partial charge in [0.25, 0.3) is 5.91 Å². The van der Waals surface area contributed by atoms with Crippen LogP contribution in [0.15, 0.2) is 36.5 Å². The molecule has 2 rings (SSSR count). The van der Waals surface area contributed by atoms with Crippen molar-refractivity contribution in [2.75, 3.05) is 13.2 Å². The molecule has 0 saturated carbocycles. The van der Waals surface area contributed by atoms with E-state index in [4.69, 9.17) is 4.74 Å². The molecule has 5 heteroatoms. The van der Waals surface area contributed by atoms with Crippen LogP contribution in [0.2, 0.25) is 0 Å². The molecular weight excluding hydrogens is 254 g/mol. The highest BCUT2D eigenvalue weighted by molar-refractivity contribution is 5.77. The summed E-state index contributed by atoms with van der Waals surface area (Å²) in [6, 6.07) is 9.32. The molecule has 20 heavy (non-hydrogen) atoms. The maximum absolute atomic E-state index is 11.6. The van der Waals surface area contributed by atoms with Crippen molar-refractivity contribution in [2.24, 2.45) is 0 Å². The molecule has 0 aliphatic carbocycles. The number of aromatic amines is 1. The van der Waals surface area contributed by atoms with Gasteiger partial charge in [-0.3, -0.25) is 9.89 Å². The lowest BCUT2D eigenvalue weighted by Crippen LogP contribution is -2.29. The first-order valence-electron chi connectivity index (χ1n) is 6.69. The van der Waals surface area contributed by atoms with Crippen molar-refractivity contribution >= 4 is 5.91 Å². The van der Waals surface area contributed by atoms with E-state index in [2.05, 4.69) is 15.5 Å². The Kier molecular flexibility index (Phi) is 5.17. The number of para-hydroxylation sites is 1. The number of carbonyl (C=O) groups excluding carboxylic acids is 1. The molecule has 1 aromatic carbocycles. The number of nitrogens with one attached hydrogen (secondary N) is 2. The van der Waals surface area contributed by atoms with E-state index in [-0.39, 0.29) is 12.5 Å². The van der Waals surface area contributed by atoms with E-state index in [0.29, 0.717) is 12.3 Å². The lowest BCUT2D eigenvalue weighted by atomic mass is 10.1. The van der Waals surface area contributed by atoms with Gasteiger partial charge in [-0.05, 0) is 37.5 Å². The molecule has 0 radical (unpaired) electrons. The Balaban J connectivity index is 1.60. The van der Waals surface area contributed by atoms with Gasteiger partial charge in [0.15, 0.2) is 6.61 Å². The Hall–Kier alpha value is -2.30. The molecule has 5 nitrogen and oxygen atoms in total. The molecule has 106 valence electrons. The molecule has 0 spiro atoms. The number of aromatic nitrogens is 2. The van der Waals surface area contributed by atoms with Gasteiger partial charge in [-0.1, -0.05) is 18.2 Å². The van der Waals surface area contributed by atoms with Crippen molar-refractivity contribution in [3.63, 3.8) is 0 Å². The molecule has 1 amide bonds. The number of nitrogens with zero attached hydrogens (tertiary/aromatic N) is 1. The van der Waals surface area contributed by atoms with Crippen LogP contribution in [0.1, 0.15) is 17.7 Å². The number of rotatable bonds is 7. The van der Waals surface area contributed by atoms with Crippen LogP contribution in [0.25, 0.3) is 0 Å². The van der Waals surface area contributed by atoms with E-state index < -0.39 is 0 Å². The number of ether oxygens (including phenoxy) is 1. The average molecular weight is 273 g/mol. The van der Waals surface area contributed by atoms with Gasteiger partial charge in [0.05, 0.1) is 6.20 Å². The third-order valence-electron chi connectivity index (χ3n) is 2.99. The molecule has 2 N–H and O–H groups in total. The predicted molar refractivity (Wildman–Crippen MR) is 76.6 cm³/mol. The Bertz CT molecular complexity index is 537. The maximum atomic E-state index is 11.6. The summed E-state index contributed by atoms with van der Waals surface area (Å²) >= 11 is 0. The van der Waals surface area contributed by atoms with Gasteiger partial charge < -0.3 is 10.1 Å². The van der Waals surface area contributed by atoms with Crippen molar-refractivity contribution in [3.8, 4) is 5.75 Å². The summed E-state index contributed by atoms with van der Waals surface area (Å²) in [6.07, 6.45) is 3.62. The number of hydrogen-bond acceptors (Lipinski definition) is 3. The highest BCUT2D eigenvalue weighted by Gasteiger charge is 2.03. The molecule has 0 bridgehead atoms. The number of benzene rings is 1. The quantitative estimate of drug-likeness (QED) is 0.756. The van der Waals surface area contributed by atoms with Crippen molar-refractivity contribution in [1.29, 1.82) is 0 Å². The fraction of sp³-hybridized carbons (Fsp3) is 0.333. The SMILES string of the molecule is Cc1[nH]ncc1CCCNC(=O)COc1ccccc1. The van der Waals surface area contributed by atoms with Gasteiger partial charge >= 0.3 is 0 Å². The summed E-state index contributed by atoms with van der Waals surface area (Å²) in [5.74, 6) is 0.606. The van der Waals surface area contributed by atoms with Crippen LogP contribution in [0, 0.1) is 6.92 Å². The van der Waals surface area contributed by atoms with Crippen LogP contribution in [0.4, 0.5) is 0 Å². The van der Waals surface area contributed by atoms with E-state index >= 15 is 0 Å². The van der Waals surface area contributed by atoms with Crippen molar-refractivity contribution in [2.45, 2.75) is 19.8 Å². The minimum atomic E-state index is -0.0993. The van der Waals surface area contributed by atoms with Crippen LogP contribution < -0.4 is 10.1 Å². The Morgan fingerprint density at radius 1 is 1.35 bits per heavy atom. The van der Waals surface area contributed by atoms with Crippen LogP contribution in [-0.2, 0) is 11.2 Å². The second kappa shape index (κ2) is 7.33. The van der Waals surface area contributed by atoms with E-state index in [9.17, 15) is 4.79 Å². The highest BCUT2D eigenvalue weighted by atomic mass is 16.5. The van der Waals surface area contributed by atoms with E-state index in [1.165, 1.54) is 5.56 Å². The number of H-pyrrole nitrogens is 1. The lowest BCUT2D eigenvalue weighted by molar-refractivity contribution is -0.123. The lowest BCUT2D eigenvalue weighted by Gasteiger charge is -2.07. The van der Waals surface area contributed by atoms with Crippen molar-refractivity contribution < 1.29 is 9.53 Å². The second-order valence-electron chi connectivity index (χ2n) is 4.58. The molecule has 0 saturated heterocycles. The zero-order chi connectivity index (χ0) is 14.2. The van der Waals surface area contributed by atoms with Crippen LogP contribution >= 0.6 is 0 Å². The van der Waals surface area contributed by atoms with E-state index in [1.54, 1.807) is 0 Å². The van der Waals surface area contributed by atoms with Gasteiger partial charge in [0, 0.05) is 12.2 Å². The molecule has 0 unspecified atom stereocenters.